The van der Waals surface area contributed by atoms with Crippen LogP contribution in [0.4, 0.5) is 0 Å². The lowest BCUT2D eigenvalue weighted by Gasteiger charge is -2.30. The summed E-state index contributed by atoms with van der Waals surface area (Å²) in [6, 6.07) is 0. The van der Waals surface area contributed by atoms with E-state index < -0.39 is 11.2 Å². The van der Waals surface area contributed by atoms with Crippen molar-refractivity contribution < 1.29 is 19.1 Å². The second-order valence-corrected chi connectivity index (χ2v) is 5.53. The van der Waals surface area contributed by atoms with Crippen molar-refractivity contribution in [2.75, 3.05) is 13.2 Å². The summed E-state index contributed by atoms with van der Waals surface area (Å²) in [7, 11) is 0. The maximum absolute atomic E-state index is 11.6. The third-order valence-corrected chi connectivity index (χ3v) is 2.49. The minimum atomic E-state index is -0.586. The SMILES string of the molecule is CC1(C)CC(=O)COC(C)(C)CC(=O)CO1. The first kappa shape index (κ1) is 13.3. The zero-order chi connectivity index (χ0) is 12.4. The van der Waals surface area contributed by atoms with Gasteiger partial charge in [0, 0.05) is 12.8 Å². The zero-order valence-electron chi connectivity index (χ0n) is 10.5. The molecule has 4 heteroatoms. The molecule has 0 amide bonds. The Morgan fingerprint density at radius 3 is 1.44 bits per heavy atom. The summed E-state index contributed by atoms with van der Waals surface area (Å²) in [6.45, 7) is 7.34. The highest BCUT2D eigenvalue weighted by Gasteiger charge is 2.30. The highest BCUT2D eigenvalue weighted by atomic mass is 16.5. The quantitative estimate of drug-likeness (QED) is 0.630. The van der Waals surface area contributed by atoms with Gasteiger partial charge in [0.05, 0.1) is 11.2 Å². The monoisotopic (exact) mass is 228 g/mol. The fraction of sp³-hybridized carbons (Fsp3) is 0.833. The molecule has 1 heterocycles. The van der Waals surface area contributed by atoms with Crippen molar-refractivity contribution in [1.82, 2.24) is 0 Å². The molecule has 92 valence electrons. The molecular formula is C12H20O4. The van der Waals surface area contributed by atoms with E-state index in [1.165, 1.54) is 0 Å². The molecule has 0 aliphatic carbocycles. The van der Waals surface area contributed by atoms with Crippen LogP contribution in [0.2, 0.25) is 0 Å². The van der Waals surface area contributed by atoms with Crippen LogP contribution in [0.5, 0.6) is 0 Å². The summed E-state index contributed by atoms with van der Waals surface area (Å²) in [4.78, 5) is 23.2. The topological polar surface area (TPSA) is 52.6 Å². The van der Waals surface area contributed by atoms with E-state index in [0.717, 1.165) is 0 Å². The molecule has 1 fully saturated rings. The van der Waals surface area contributed by atoms with Crippen LogP contribution >= 0.6 is 0 Å². The molecule has 4 nitrogen and oxygen atoms in total. The lowest BCUT2D eigenvalue weighted by molar-refractivity contribution is -0.149. The van der Waals surface area contributed by atoms with E-state index in [4.69, 9.17) is 9.47 Å². The summed E-state index contributed by atoms with van der Waals surface area (Å²) >= 11 is 0. The molecule has 1 saturated heterocycles. The maximum atomic E-state index is 11.6. The van der Waals surface area contributed by atoms with Crippen LogP contribution in [-0.2, 0) is 19.1 Å². The van der Waals surface area contributed by atoms with E-state index in [1.54, 1.807) is 0 Å². The van der Waals surface area contributed by atoms with Crippen molar-refractivity contribution in [3.05, 3.63) is 0 Å². The predicted octanol–water partition coefficient (Wildman–Crippen LogP) is 1.51. The van der Waals surface area contributed by atoms with Crippen molar-refractivity contribution >= 4 is 11.6 Å². The molecule has 1 aliphatic heterocycles. The van der Waals surface area contributed by atoms with Gasteiger partial charge in [-0.15, -0.1) is 0 Å². The Kier molecular flexibility index (Phi) is 3.86. The molecule has 0 bridgehead atoms. The van der Waals surface area contributed by atoms with Gasteiger partial charge in [-0.1, -0.05) is 0 Å². The summed E-state index contributed by atoms with van der Waals surface area (Å²) in [6.07, 6.45) is 0.548. The minimum absolute atomic E-state index is 0.00687. The van der Waals surface area contributed by atoms with Crippen molar-refractivity contribution in [3.63, 3.8) is 0 Å². The summed E-state index contributed by atoms with van der Waals surface area (Å²) < 4.78 is 10.9. The first-order valence-electron chi connectivity index (χ1n) is 5.52. The van der Waals surface area contributed by atoms with Gasteiger partial charge in [-0.05, 0) is 27.7 Å². The number of hydrogen-bond donors (Lipinski definition) is 0. The van der Waals surface area contributed by atoms with Gasteiger partial charge in [0.2, 0.25) is 0 Å². The molecular weight excluding hydrogens is 208 g/mol. The molecule has 0 atom stereocenters. The number of hydrogen-bond acceptors (Lipinski definition) is 4. The molecule has 1 rings (SSSR count). The van der Waals surface area contributed by atoms with Gasteiger partial charge in [0.1, 0.15) is 13.2 Å². The van der Waals surface area contributed by atoms with Gasteiger partial charge in [-0.2, -0.15) is 0 Å². The van der Waals surface area contributed by atoms with Crippen LogP contribution in [-0.4, -0.2) is 36.0 Å². The van der Waals surface area contributed by atoms with Crippen LogP contribution in [0, 0.1) is 0 Å². The van der Waals surface area contributed by atoms with Crippen LogP contribution in [0.15, 0.2) is 0 Å². The van der Waals surface area contributed by atoms with E-state index in [-0.39, 0.29) is 37.6 Å². The number of carbonyl (C=O) groups is 2. The Hall–Kier alpha value is -0.740. The van der Waals surface area contributed by atoms with Gasteiger partial charge in [0.15, 0.2) is 11.6 Å². The number of Topliss-reactive ketones (excluding diaryl/α,β-unsaturated/α-hetero) is 2. The van der Waals surface area contributed by atoms with Gasteiger partial charge in [-0.25, -0.2) is 0 Å². The molecule has 16 heavy (non-hydrogen) atoms. The first-order chi connectivity index (χ1) is 7.20. The van der Waals surface area contributed by atoms with Crippen molar-refractivity contribution in [3.8, 4) is 0 Å². The summed E-state index contributed by atoms with van der Waals surface area (Å²) in [5.74, 6) is 0.0137. The van der Waals surface area contributed by atoms with Crippen LogP contribution in [0.1, 0.15) is 40.5 Å². The average Bonchev–Trinajstić information content (AvgIpc) is 2.10. The smallest absolute Gasteiger partial charge is 0.161 e. The van der Waals surface area contributed by atoms with Crippen molar-refractivity contribution in [2.24, 2.45) is 0 Å². The lowest BCUT2D eigenvalue weighted by atomic mass is 9.98. The van der Waals surface area contributed by atoms with Gasteiger partial charge in [0.25, 0.3) is 0 Å². The molecule has 0 radical (unpaired) electrons. The van der Waals surface area contributed by atoms with Gasteiger partial charge in [-0.3, -0.25) is 9.59 Å². The Balaban J connectivity index is 2.73. The van der Waals surface area contributed by atoms with E-state index >= 15 is 0 Å². The summed E-state index contributed by atoms with van der Waals surface area (Å²) in [5.41, 5.74) is -1.17. The third kappa shape index (κ3) is 4.41. The molecule has 0 unspecified atom stereocenters. The van der Waals surface area contributed by atoms with E-state index in [9.17, 15) is 9.59 Å². The van der Waals surface area contributed by atoms with Crippen LogP contribution < -0.4 is 0 Å². The average molecular weight is 228 g/mol. The molecule has 1 aliphatic rings. The van der Waals surface area contributed by atoms with Crippen LogP contribution in [0.3, 0.4) is 0 Å². The molecule has 0 saturated carbocycles. The highest BCUT2D eigenvalue weighted by Crippen LogP contribution is 2.21. The van der Waals surface area contributed by atoms with Crippen molar-refractivity contribution in [1.29, 1.82) is 0 Å². The van der Waals surface area contributed by atoms with Gasteiger partial charge >= 0.3 is 0 Å². The predicted molar refractivity (Wildman–Crippen MR) is 59.3 cm³/mol. The summed E-state index contributed by atoms with van der Waals surface area (Å²) in [5, 5.41) is 0. The fourth-order valence-electron chi connectivity index (χ4n) is 1.71. The maximum Gasteiger partial charge on any atom is 0.161 e. The standard InChI is InChI=1S/C12H20O4/c1-11(2)5-9(13)8-16-12(3,4)6-10(14)7-15-11/h5-8H2,1-4H3. The molecule has 0 aromatic heterocycles. The Labute approximate surface area is 96.3 Å². The number of ketones is 2. The second-order valence-electron chi connectivity index (χ2n) is 5.53. The molecule has 0 aromatic carbocycles. The lowest BCUT2D eigenvalue weighted by Crippen LogP contribution is -2.38. The number of ether oxygens (including phenoxy) is 2. The van der Waals surface area contributed by atoms with E-state index in [2.05, 4.69) is 0 Å². The highest BCUT2D eigenvalue weighted by molar-refractivity contribution is 5.82. The molecule has 0 N–H and O–H groups in total. The Morgan fingerprint density at radius 2 is 1.12 bits per heavy atom. The largest absolute Gasteiger partial charge is 0.367 e. The third-order valence-electron chi connectivity index (χ3n) is 2.49. The second kappa shape index (κ2) is 4.63. The first-order valence-corrected chi connectivity index (χ1v) is 5.52. The normalized spacial score (nSPS) is 26.5. The number of carbonyl (C=O) groups excluding carboxylic acids is 2. The van der Waals surface area contributed by atoms with Gasteiger partial charge < -0.3 is 9.47 Å². The Bertz CT molecular complexity index is 261. The van der Waals surface area contributed by atoms with Crippen LogP contribution in [0.25, 0.3) is 0 Å². The number of rotatable bonds is 0. The molecule has 0 spiro atoms. The molecule has 0 aromatic rings. The van der Waals surface area contributed by atoms with Crippen molar-refractivity contribution in [2.45, 2.75) is 51.7 Å². The minimum Gasteiger partial charge on any atom is -0.367 e. The Morgan fingerprint density at radius 1 is 0.812 bits per heavy atom. The van der Waals surface area contributed by atoms with E-state index in [0.29, 0.717) is 0 Å². The fourth-order valence-corrected chi connectivity index (χ4v) is 1.71. The van der Waals surface area contributed by atoms with E-state index in [1.807, 2.05) is 27.7 Å². The zero-order valence-corrected chi connectivity index (χ0v) is 10.5.